The molecule has 4 amide bonds. The van der Waals surface area contributed by atoms with E-state index in [-0.39, 0.29) is 23.9 Å². The van der Waals surface area contributed by atoms with Gasteiger partial charge < -0.3 is 25.2 Å². The topological polar surface area (TPSA) is 107 Å². The number of anilines is 3. The van der Waals surface area contributed by atoms with Gasteiger partial charge in [0.15, 0.2) is 0 Å². The van der Waals surface area contributed by atoms with Crippen LogP contribution >= 0.6 is 11.3 Å². The molecule has 1 saturated heterocycles. The van der Waals surface area contributed by atoms with E-state index in [0.717, 1.165) is 29.5 Å². The molecule has 4 heterocycles. The average molecular weight is 611 g/mol. The Bertz CT molecular complexity index is 1750. The minimum absolute atomic E-state index is 0.0566. The SMILES string of the molecule is Cc1cc(Oc2ccccc2)ccc1N1C(=O)Nc2c(C(=O)NC3CCCN(C(=O)C=CCN(C)C)C3)sc3nccc1c23. The molecule has 0 aliphatic carbocycles. The number of aryl methyl sites for hydroxylation is 1. The summed E-state index contributed by atoms with van der Waals surface area (Å²) in [6.45, 7) is 3.70. The molecule has 44 heavy (non-hydrogen) atoms. The lowest BCUT2D eigenvalue weighted by Crippen LogP contribution is -2.49. The van der Waals surface area contributed by atoms with Crippen LogP contribution in [0.3, 0.4) is 0 Å². The maximum absolute atomic E-state index is 13.6. The molecule has 0 bridgehead atoms. The number of ether oxygens (including phenoxy) is 1. The number of amides is 4. The smallest absolute Gasteiger partial charge is 0.331 e. The maximum atomic E-state index is 13.6. The highest BCUT2D eigenvalue weighted by molar-refractivity contribution is 7.21. The molecule has 1 fully saturated rings. The van der Waals surface area contributed by atoms with Gasteiger partial charge >= 0.3 is 6.03 Å². The van der Waals surface area contributed by atoms with E-state index in [1.807, 2.05) is 80.5 Å². The Hall–Kier alpha value is -4.74. The third-order valence-corrected chi connectivity index (χ3v) is 8.74. The Morgan fingerprint density at radius 1 is 1.14 bits per heavy atom. The second kappa shape index (κ2) is 12.5. The van der Waals surface area contributed by atoms with Crippen LogP contribution in [0.5, 0.6) is 11.5 Å². The van der Waals surface area contributed by atoms with Gasteiger partial charge in [0.05, 0.1) is 22.4 Å². The van der Waals surface area contributed by atoms with Crippen molar-refractivity contribution in [3.8, 4) is 11.5 Å². The Morgan fingerprint density at radius 3 is 2.73 bits per heavy atom. The standard InChI is InChI=1S/C33H34N6O4S/c1-21-19-24(43-23-10-5-4-6-11-23)13-14-25(21)39-26-15-16-34-32-28(26)29(36-33(39)42)30(44-32)31(41)35-22-9-7-18-38(20-22)27(40)12-8-17-37(2)3/h4-6,8,10-16,19,22H,7,9,17-18,20H2,1-3H3,(H,35,41)(H,36,42). The molecule has 1 atom stereocenters. The molecule has 11 heteroatoms. The third kappa shape index (κ3) is 6.01. The average Bonchev–Trinajstić information content (AvgIpc) is 3.38. The minimum Gasteiger partial charge on any atom is -0.457 e. The second-order valence-electron chi connectivity index (χ2n) is 11.2. The monoisotopic (exact) mass is 610 g/mol. The number of likely N-dealkylation sites (tertiary alicyclic amines) is 1. The van der Waals surface area contributed by atoms with Crippen molar-refractivity contribution in [3.05, 3.63) is 83.4 Å². The number of pyridine rings is 1. The zero-order valence-electron chi connectivity index (χ0n) is 24.9. The number of hydrogen-bond acceptors (Lipinski definition) is 7. The number of nitrogens with one attached hydrogen (secondary N) is 2. The molecular formula is C33H34N6O4S. The van der Waals surface area contributed by atoms with Crippen molar-refractivity contribution in [2.45, 2.75) is 25.8 Å². The first-order valence-corrected chi connectivity index (χ1v) is 15.4. The normalized spacial score (nSPS) is 16.5. The summed E-state index contributed by atoms with van der Waals surface area (Å²) in [6.07, 6.45) is 6.66. The molecule has 2 aliphatic rings. The number of aromatic nitrogens is 1. The number of benzene rings is 2. The van der Waals surface area contributed by atoms with Crippen LogP contribution in [0.15, 0.2) is 72.9 Å². The van der Waals surface area contributed by atoms with E-state index < -0.39 is 0 Å². The second-order valence-corrected chi connectivity index (χ2v) is 12.2. The highest BCUT2D eigenvalue weighted by atomic mass is 32.1. The molecule has 2 aromatic heterocycles. The van der Waals surface area contributed by atoms with Crippen LogP contribution in [0.4, 0.5) is 21.9 Å². The largest absolute Gasteiger partial charge is 0.457 e. The first kappa shape index (κ1) is 29.3. The maximum Gasteiger partial charge on any atom is 0.331 e. The number of rotatable bonds is 8. The number of likely N-dealkylation sites (N-methyl/N-ethyl adjacent to an activating group) is 1. The lowest BCUT2D eigenvalue weighted by atomic mass is 10.0. The van der Waals surface area contributed by atoms with E-state index >= 15 is 0 Å². The van der Waals surface area contributed by atoms with Crippen LogP contribution in [0.1, 0.15) is 28.1 Å². The van der Waals surface area contributed by atoms with Crippen molar-refractivity contribution in [2.24, 2.45) is 0 Å². The molecule has 10 nitrogen and oxygen atoms in total. The van der Waals surface area contributed by atoms with Crippen molar-refractivity contribution < 1.29 is 19.1 Å². The number of thiophene rings is 1. The minimum atomic E-state index is -0.365. The number of hydrogen-bond donors (Lipinski definition) is 2. The van der Waals surface area contributed by atoms with Gasteiger partial charge in [-0.1, -0.05) is 24.3 Å². The highest BCUT2D eigenvalue weighted by Gasteiger charge is 2.34. The van der Waals surface area contributed by atoms with E-state index in [1.54, 1.807) is 28.1 Å². The summed E-state index contributed by atoms with van der Waals surface area (Å²) >= 11 is 1.25. The number of nitrogens with zero attached hydrogens (tertiary/aromatic N) is 4. The van der Waals surface area contributed by atoms with Gasteiger partial charge in [-0.05, 0) is 75.8 Å². The molecule has 2 N–H and O–H groups in total. The summed E-state index contributed by atoms with van der Waals surface area (Å²) in [4.78, 5) is 50.8. The predicted octanol–water partition coefficient (Wildman–Crippen LogP) is 5.92. The van der Waals surface area contributed by atoms with Gasteiger partial charge in [0.2, 0.25) is 5.91 Å². The summed E-state index contributed by atoms with van der Waals surface area (Å²) in [5.74, 6) is 1.05. The molecule has 0 spiro atoms. The lowest BCUT2D eigenvalue weighted by Gasteiger charge is -2.32. The Morgan fingerprint density at radius 2 is 1.95 bits per heavy atom. The number of carbonyl (C=O) groups excluding carboxylic acids is 3. The fraction of sp³-hybridized carbons (Fsp3) is 0.273. The van der Waals surface area contributed by atoms with Crippen molar-refractivity contribution in [2.75, 3.05) is 43.9 Å². The number of para-hydroxylation sites is 1. The first-order chi connectivity index (χ1) is 21.3. The molecular weight excluding hydrogens is 576 g/mol. The van der Waals surface area contributed by atoms with E-state index in [4.69, 9.17) is 4.74 Å². The zero-order valence-corrected chi connectivity index (χ0v) is 25.7. The number of carbonyl (C=O) groups is 3. The Balaban J connectivity index is 1.22. The van der Waals surface area contributed by atoms with Crippen molar-refractivity contribution >= 4 is 56.5 Å². The summed E-state index contributed by atoms with van der Waals surface area (Å²) in [5, 5.41) is 6.79. The van der Waals surface area contributed by atoms with E-state index in [9.17, 15) is 14.4 Å². The van der Waals surface area contributed by atoms with E-state index in [1.165, 1.54) is 11.3 Å². The summed E-state index contributed by atoms with van der Waals surface area (Å²) in [5.41, 5.74) is 2.67. The number of piperidine rings is 1. The van der Waals surface area contributed by atoms with Crippen molar-refractivity contribution in [3.63, 3.8) is 0 Å². The van der Waals surface area contributed by atoms with Crippen LogP contribution in [-0.2, 0) is 4.79 Å². The van der Waals surface area contributed by atoms with Gasteiger partial charge in [-0.3, -0.25) is 14.5 Å². The van der Waals surface area contributed by atoms with Gasteiger partial charge in [-0.2, -0.15) is 0 Å². The van der Waals surface area contributed by atoms with Gasteiger partial charge in [0.1, 0.15) is 21.2 Å². The van der Waals surface area contributed by atoms with Gasteiger partial charge in [0, 0.05) is 37.9 Å². The van der Waals surface area contributed by atoms with Crippen LogP contribution in [0.25, 0.3) is 10.2 Å². The molecule has 2 aliphatic heterocycles. The van der Waals surface area contributed by atoms with Gasteiger partial charge in [-0.15, -0.1) is 11.3 Å². The molecule has 0 radical (unpaired) electrons. The van der Waals surface area contributed by atoms with E-state index in [0.29, 0.717) is 52.2 Å². The Labute approximate surface area is 259 Å². The van der Waals surface area contributed by atoms with Gasteiger partial charge in [0.25, 0.3) is 5.91 Å². The third-order valence-electron chi connectivity index (χ3n) is 7.64. The number of urea groups is 1. The van der Waals surface area contributed by atoms with Crippen molar-refractivity contribution in [1.82, 2.24) is 20.1 Å². The summed E-state index contributed by atoms with van der Waals surface area (Å²) < 4.78 is 5.98. The molecule has 4 aromatic rings. The fourth-order valence-corrected chi connectivity index (χ4v) is 6.59. The quantitative estimate of drug-likeness (QED) is 0.240. The summed E-state index contributed by atoms with van der Waals surface area (Å²) in [7, 11) is 3.89. The molecule has 2 aromatic carbocycles. The zero-order chi connectivity index (χ0) is 30.8. The molecule has 6 rings (SSSR count). The van der Waals surface area contributed by atoms with Crippen LogP contribution in [0, 0.1) is 6.92 Å². The van der Waals surface area contributed by atoms with Crippen LogP contribution in [-0.4, -0.2) is 72.4 Å². The molecule has 1 unspecified atom stereocenters. The molecule has 0 saturated carbocycles. The fourth-order valence-electron chi connectivity index (χ4n) is 5.57. The van der Waals surface area contributed by atoms with Crippen LogP contribution < -0.4 is 20.3 Å². The van der Waals surface area contributed by atoms with E-state index in [2.05, 4.69) is 15.6 Å². The lowest BCUT2D eigenvalue weighted by molar-refractivity contribution is -0.127. The first-order valence-electron chi connectivity index (χ1n) is 14.6. The van der Waals surface area contributed by atoms with Gasteiger partial charge in [-0.25, -0.2) is 9.78 Å². The predicted molar refractivity (Wildman–Crippen MR) is 173 cm³/mol. The highest BCUT2D eigenvalue weighted by Crippen LogP contribution is 2.46. The molecule has 226 valence electrons. The van der Waals surface area contributed by atoms with Crippen LogP contribution in [0.2, 0.25) is 0 Å². The van der Waals surface area contributed by atoms with Crippen molar-refractivity contribution in [1.29, 1.82) is 0 Å². The summed E-state index contributed by atoms with van der Waals surface area (Å²) in [6, 6.07) is 16.3. The Kier molecular flexibility index (Phi) is 8.32.